The molecule has 2 aromatic rings. The number of ether oxygens (including phenoxy) is 1. The third kappa shape index (κ3) is 12.4. The Balaban J connectivity index is 1.47. The number of benzene rings is 1. The third-order valence-corrected chi connectivity index (χ3v) is 5.60. The highest BCUT2D eigenvalue weighted by molar-refractivity contribution is 5.81. The molecule has 32 heavy (non-hydrogen) atoms. The zero-order valence-electron chi connectivity index (χ0n) is 19.8. The van der Waals surface area contributed by atoms with Crippen LogP contribution in [-0.2, 0) is 4.79 Å². The van der Waals surface area contributed by atoms with Crippen LogP contribution in [0, 0.1) is 0 Å². The number of rotatable bonds is 17. The van der Waals surface area contributed by atoms with Gasteiger partial charge in [-0.15, -0.1) is 0 Å². The van der Waals surface area contributed by atoms with Crippen LogP contribution in [0.4, 0.5) is 5.69 Å². The van der Waals surface area contributed by atoms with Gasteiger partial charge < -0.3 is 4.74 Å². The van der Waals surface area contributed by atoms with Gasteiger partial charge in [-0.3, -0.25) is 14.8 Å². The second-order valence-electron chi connectivity index (χ2n) is 8.51. The highest BCUT2D eigenvalue weighted by Crippen LogP contribution is 2.19. The summed E-state index contributed by atoms with van der Waals surface area (Å²) in [5, 5.41) is 0. The van der Waals surface area contributed by atoms with Gasteiger partial charge in [-0.2, -0.15) is 0 Å². The van der Waals surface area contributed by atoms with Crippen molar-refractivity contribution in [1.29, 1.82) is 0 Å². The SMILES string of the molecule is CCCCCCCCCCCCCCCC(=O)Oc1ccc(N=Cc2cccnc2)cc1. The van der Waals surface area contributed by atoms with Crippen molar-refractivity contribution >= 4 is 17.9 Å². The van der Waals surface area contributed by atoms with Crippen molar-refractivity contribution in [2.75, 3.05) is 0 Å². The van der Waals surface area contributed by atoms with Crippen LogP contribution in [0.25, 0.3) is 0 Å². The lowest BCUT2D eigenvalue weighted by atomic mass is 10.0. The largest absolute Gasteiger partial charge is 0.427 e. The molecule has 174 valence electrons. The first-order valence-corrected chi connectivity index (χ1v) is 12.5. The molecule has 0 saturated heterocycles. The fourth-order valence-corrected chi connectivity index (χ4v) is 3.67. The van der Waals surface area contributed by atoms with E-state index in [1.54, 1.807) is 30.7 Å². The van der Waals surface area contributed by atoms with Crippen LogP contribution >= 0.6 is 0 Å². The van der Waals surface area contributed by atoms with E-state index in [0.717, 1.165) is 24.1 Å². The molecule has 0 amide bonds. The minimum absolute atomic E-state index is 0.153. The fourth-order valence-electron chi connectivity index (χ4n) is 3.67. The standard InChI is InChI=1S/C28H40N2O2/c1-2-3-4-5-6-7-8-9-10-11-12-13-14-17-28(31)32-27-20-18-26(19-21-27)30-24-25-16-15-22-29-23-25/h15-16,18-24H,2-14,17H2,1H3. The molecule has 0 atom stereocenters. The van der Waals surface area contributed by atoms with E-state index < -0.39 is 0 Å². The molecule has 1 aromatic carbocycles. The number of aliphatic imine (C=N–C) groups is 1. The van der Waals surface area contributed by atoms with Gasteiger partial charge in [0.2, 0.25) is 0 Å². The summed E-state index contributed by atoms with van der Waals surface area (Å²) in [4.78, 5) is 20.5. The molecular formula is C28H40N2O2. The first-order chi connectivity index (χ1) is 15.8. The molecule has 4 nitrogen and oxygen atoms in total. The molecule has 0 aliphatic rings. The van der Waals surface area contributed by atoms with Crippen LogP contribution in [-0.4, -0.2) is 17.2 Å². The Morgan fingerprint density at radius 3 is 2.00 bits per heavy atom. The van der Waals surface area contributed by atoms with E-state index in [1.165, 1.54) is 70.6 Å². The Kier molecular flexibility index (Phi) is 13.8. The maximum absolute atomic E-state index is 12.1. The number of aromatic nitrogens is 1. The van der Waals surface area contributed by atoms with E-state index in [1.807, 2.05) is 24.3 Å². The second-order valence-corrected chi connectivity index (χ2v) is 8.51. The number of hydrogen-bond acceptors (Lipinski definition) is 4. The second kappa shape index (κ2) is 17.1. The summed E-state index contributed by atoms with van der Waals surface area (Å²) in [5.74, 6) is 0.421. The minimum atomic E-state index is -0.153. The maximum atomic E-state index is 12.1. The van der Waals surface area contributed by atoms with Crippen molar-refractivity contribution < 1.29 is 9.53 Å². The van der Waals surface area contributed by atoms with E-state index in [4.69, 9.17) is 4.74 Å². The molecule has 0 aliphatic heterocycles. The average molecular weight is 437 g/mol. The summed E-state index contributed by atoms with van der Waals surface area (Å²) < 4.78 is 5.44. The Morgan fingerprint density at radius 2 is 1.44 bits per heavy atom. The maximum Gasteiger partial charge on any atom is 0.311 e. The van der Waals surface area contributed by atoms with Crippen molar-refractivity contribution in [3.63, 3.8) is 0 Å². The number of hydrogen-bond donors (Lipinski definition) is 0. The van der Waals surface area contributed by atoms with E-state index in [0.29, 0.717) is 12.2 Å². The topological polar surface area (TPSA) is 51.5 Å². The van der Waals surface area contributed by atoms with Crippen molar-refractivity contribution in [2.24, 2.45) is 4.99 Å². The Labute approximate surface area is 194 Å². The molecule has 0 aliphatic carbocycles. The number of nitrogens with zero attached hydrogens (tertiary/aromatic N) is 2. The summed E-state index contributed by atoms with van der Waals surface area (Å²) in [7, 11) is 0. The lowest BCUT2D eigenvalue weighted by Crippen LogP contribution is -2.07. The van der Waals surface area contributed by atoms with Crippen LogP contribution in [0.2, 0.25) is 0 Å². The van der Waals surface area contributed by atoms with Gasteiger partial charge in [-0.25, -0.2) is 0 Å². The van der Waals surface area contributed by atoms with Crippen LogP contribution in [0.1, 0.15) is 102 Å². The predicted octanol–water partition coefficient (Wildman–Crippen LogP) is 8.22. The Morgan fingerprint density at radius 1 is 0.844 bits per heavy atom. The molecule has 0 bridgehead atoms. The van der Waals surface area contributed by atoms with E-state index >= 15 is 0 Å². The normalized spacial score (nSPS) is 11.2. The number of carbonyl (C=O) groups excluding carboxylic acids is 1. The van der Waals surface area contributed by atoms with Gasteiger partial charge in [-0.1, -0.05) is 90.0 Å². The molecule has 0 spiro atoms. The summed E-state index contributed by atoms with van der Waals surface area (Å²) in [6.45, 7) is 2.27. The molecule has 1 aromatic heterocycles. The van der Waals surface area contributed by atoms with Crippen LogP contribution < -0.4 is 4.74 Å². The lowest BCUT2D eigenvalue weighted by Gasteiger charge is -2.05. The van der Waals surface area contributed by atoms with Gasteiger partial charge in [0.15, 0.2) is 0 Å². The number of esters is 1. The monoisotopic (exact) mass is 436 g/mol. The number of carbonyl (C=O) groups is 1. The van der Waals surface area contributed by atoms with Crippen LogP contribution in [0.15, 0.2) is 53.8 Å². The summed E-state index contributed by atoms with van der Waals surface area (Å²) in [6, 6.07) is 11.1. The average Bonchev–Trinajstić information content (AvgIpc) is 2.82. The van der Waals surface area contributed by atoms with Crippen molar-refractivity contribution in [1.82, 2.24) is 4.98 Å². The Hall–Kier alpha value is -2.49. The van der Waals surface area contributed by atoms with Crippen molar-refractivity contribution in [3.8, 4) is 5.75 Å². The van der Waals surface area contributed by atoms with Crippen LogP contribution in [0.5, 0.6) is 5.75 Å². The predicted molar refractivity (Wildman–Crippen MR) is 134 cm³/mol. The molecule has 1 heterocycles. The molecule has 0 fully saturated rings. The first kappa shape index (κ1) is 25.8. The summed E-state index contributed by atoms with van der Waals surface area (Å²) >= 11 is 0. The molecular weight excluding hydrogens is 396 g/mol. The van der Waals surface area contributed by atoms with Crippen molar-refractivity contribution in [3.05, 3.63) is 54.4 Å². The minimum Gasteiger partial charge on any atom is -0.427 e. The molecule has 4 heteroatoms. The smallest absolute Gasteiger partial charge is 0.311 e. The summed E-state index contributed by atoms with van der Waals surface area (Å²) in [5.41, 5.74) is 1.76. The van der Waals surface area contributed by atoms with Gasteiger partial charge >= 0.3 is 5.97 Å². The van der Waals surface area contributed by atoms with Gasteiger partial charge in [0.25, 0.3) is 0 Å². The first-order valence-electron chi connectivity index (χ1n) is 12.5. The number of unbranched alkanes of at least 4 members (excludes halogenated alkanes) is 12. The quantitative estimate of drug-likeness (QED) is 0.109. The fraction of sp³-hybridized carbons (Fsp3) is 0.536. The van der Waals surface area contributed by atoms with Gasteiger partial charge in [0.1, 0.15) is 5.75 Å². The van der Waals surface area contributed by atoms with E-state index in [-0.39, 0.29) is 5.97 Å². The molecule has 0 unspecified atom stereocenters. The van der Waals surface area contributed by atoms with Crippen molar-refractivity contribution in [2.45, 2.75) is 96.8 Å². The number of pyridine rings is 1. The zero-order valence-corrected chi connectivity index (χ0v) is 19.8. The van der Waals surface area contributed by atoms with E-state index in [2.05, 4.69) is 16.9 Å². The van der Waals surface area contributed by atoms with Gasteiger partial charge in [0.05, 0.1) is 5.69 Å². The summed E-state index contributed by atoms with van der Waals surface area (Å²) in [6.07, 6.45) is 22.7. The zero-order chi connectivity index (χ0) is 22.7. The molecule has 0 saturated carbocycles. The van der Waals surface area contributed by atoms with Gasteiger partial charge in [0, 0.05) is 30.6 Å². The molecule has 0 radical (unpaired) electrons. The highest BCUT2D eigenvalue weighted by Gasteiger charge is 2.05. The Bertz CT molecular complexity index is 757. The molecule has 0 N–H and O–H groups in total. The van der Waals surface area contributed by atoms with Gasteiger partial charge in [-0.05, 0) is 36.8 Å². The lowest BCUT2D eigenvalue weighted by molar-refractivity contribution is -0.134. The molecule has 2 rings (SSSR count). The van der Waals surface area contributed by atoms with Crippen LogP contribution in [0.3, 0.4) is 0 Å². The third-order valence-electron chi connectivity index (χ3n) is 5.60. The van der Waals surface area contributed by atoms with E-state index in [9.17, 15) is 4.79 Å². The highest BCUT2D eigenvalue weighted by atomic mass is 16.5.